The summed E-state index contributed by atoms with van der Waals surface area (Å²) in [6, 6.07) is 10.9. The average Bonchev–Trinajstić information content (AvgIpc) is 3.25. The standard InChI is InChI=1S/C20H17N3O4/c24-8-9-26-17-6-2-1-5-15(17)23-19-11-16(25)18(27-19)10-13-12-22-20-14(13)4-3-7-21-20/h1-7,10,12,24H,8-9,11H2,(H,21,22)/b18-10-,23-19?. The van der Waals surface area contributed by atoms with Gasteiger partial charge in [0.1, 0.15) is 23.7 Å². The van der Waals surface area contributed by atoms with Crippen LogP contribution in [0.1, 0.15) is 12.0 Å². The number of aromatic nitrogens is 2. The first-order chi connectivity index (χ1) is 13.2. The monoisotopic (exact) mass is 363 g/mol. The lowest BCUT2D eigenvalue weighted by Gasteiger charge is -2.07. The molecule has 27 heavy (non-hydrogen) atoms. The number of H-pyrrole nitrogens is 1. The number of allylic oxidation sites excluding steroid dienone is 1. The van der Waals surface area contributed by atoms with Crippen LogP contribution in [0.4, 0.5) is 5.69 Å². The molecular weight excluding hydrogens is 346 g/mol. The van der Waals surface area contributed by atoms with Crippen molar-refractivity contribution < 1.29 is 19.4 Å². The van der Waals surface area contributed by atoms with Gasteiger partial charge in [0, 0.05) is 23.3 Å². The number of Topliss-reactive ketones (excluding diaryl/α,β-unsaturated/α-hetero) is 1. The molecule has 1 aliphatic heterocycles. The highest BCUT2D eigenvalue weighted by Gasteiger charge is 2.26. The van der Waals surface area contributed by atoms with E-state index in [0.29, 0.717) is 17.3 Å². The number of benzene rings is 1. The van der Waals surface area contributed by atoms with Gasteiger partial charge in [0.05, 0.1) is 13.0 Å². The number of para-hydroxylation sites is 2. The van der Waals surface area contributed by atoms with Crippen molar-refractivity contribution in [3.05, 3.63) is 60.1 Å². The fourth-order valence-electron chi connectivity index (χ4n) is 2.82. The minimum atomic E-state index is -0.138. The van der Waals surface area contributed by atoms with E-state index in [0.717, 1.165) is 16.6 Å². The number of nitrogens with zero attached hydrogens (tertiary/aromatic N) is 2. The van der Waals surface area contributed by atoms with E-state index in [2.05, 4.69) is 15.0 Å². The molecule has 7 heteroatoms. The summed E-state index contributed by atoms with van der Waals surface area (Å²) in [4.78, 5) is 24.0. The summed E-state index contributed by atoms with van der Waals surface area (Å²) in [6.45, 7) is 0.0770. The molecule has 1 saturated heterocycles. The van der Waals surface area contributed by atoms with E-state index in [9.17, 15) is 4.79 Å². The highest BCUT2D eigenvalue weighted by Crippen LogP contribution is 2.30. The molecule has 2 aromatic heterocycles. The van der Waals surface area contributed by atoms with Crippen molar-refractivity contribution in [3.63, 3.8) is 0 Å². The average molecular weight is 363 g/mol. The molecule has 136 valence electrons. The van der Waals surface area contributed by atoms with Crippen molar-refractivity contribution in [3.8, 4) is 5.75 Å². The summed E-state index contributed by atoms with van der Waals surface area (Å²) < 4.78 is 11.1. The van der Waals surface area contributed by atoms with Gasteiger partial charge in [-0.25, -0.2) is 9.98 Å². The van der Waals surface area contributed by atoms with Gasteiger partial charge in [-0.05, 0) is 30.3 Å². The summed E-state index contributed by atoms with van der Waals surface area (Å²) in [5.74, 6) is 0.938. The summed E-state index contributed by atoms with van der Waals surface area (Å²) >= 11 is 0. The topological polar surface area (TPSA) is 96.8 Å². The van der Waals surface area contributed by atoms with E-state index in [1.165, 1.54) is 0 Å². The zero-order chi connectivity index (χ0) is 18.6. The largest absolute Gasteiger partial charge is 0.489 e. The maximum atomic E-state index is 12.3. The van der Waals surface area contributed by atoms with Crippen LogP contribution in [0.2, 0.25) is 0 Å². The number of aliphatic imine (C=N–C) groups is 1. The molecule has 0 saturated carbocycles. The highest BCUT2D eigenvalue weighted by atomic mass is 16.5. The zero-order valence-electron chi connectivity index (χ0n) is 14.4. The Morgan fingerprint density at radius 2 is 2.19 bits per heavy atom. The van der Waals surface area contributed by atoms with Crippen LogP contribution in [-0.2, 0) is 9.53 Å². The van der Waals surface area contributed by atoms with Crippen LogP contribution in [0.25, 0.3) is 17.1 Å². The Kier molecular flexibility index (Phi) is 4.67. The number of pyridine rings is 1. The number of ketones is 1. The molecule has 0 aliphatic carbocycles. The zero-order valence-corrected chi connectivity index (χ0v) is 14.4. The molecule has 1 aliphatic rings. The predicted octanol–water partition coefficient (Wildman–Crippen LogP) is 2.99. The first kappa shape index (κ1) is 17.0. The molecule has 0 atom stereocenters. The van der Waals surface area contributed by atoms with Crippen molar-refractivity contribution in [1.82, 2.24) is 9.97 Å². The normalized spacial score (nSPS) is 17.0. The quantitative estimate of drug-likeness (QED) is 0.679. The number of aliphatic hydroxyl groups is 1. The predicted molar refractivity (Wildman–Crippen MR) is 101 cm³/mol. The smallest absolute Gasteiger partial charge is 0.207 e. The van der Waals surface area contributed by atoms with Gasteiger partial charge in [-0.3, -0.25) is 4.79 Å². The third-order valence-corrected chi connectivity index (χ3v) is 4.04. The SMILES string of the molecule is O=C1CC(=Nc2ccccc2OCCO)O/C1=C\c1c[nH]c2ncccc12. The molecular formula is C20H17N3O4. The Hall–Kier alpha value is -3.45. The minimum absolute atomic E-state index is 0.0841. The first-order valence-electron chi connectivity index (χ1n) is 8.49. The number of rotatable bonds is 5. The third kappa shape index (κ3) is 3.58. The van der Waals surface area contributed by atoms with Crippen molar-refractivity contribution in [2.24, 2.45) is 4.99 Å². The van der Waals surface area contributed by atoms with E-state index in [4.69, 9.17) is 14.6 Å². The van der Waals surface area contributed by atoms with Crippen LogP contribution >= 0.6 is 0 Å². The Morgan fingerprint density at radius 1 is 1.30 bits per heavy atom. The number of fused-ring (bicyclic) bond motifs is 1. The molecule has 0 unspecified atom stereocenters. The second-order valence-corrected chi connectivity index (χ2v) is 5.90. The summed E-state index contributed by atoms with van der Waals surface area (Å²) in [6.07, 6.45) is 5.27. The fraction of sp³-hybridized carbons (Fsp3) is 0.150. The second-order valence-electron chi connectivity index (χ2n) is 5.90. The number of aliphatic hydroxyl groups excluding tert-OH is 1. The van der Waals surface area contributed by atoms with Crippen molar-refractivity contribution in [2.45, 2.75) is 6.42 Å². The molecule has 3 aromatic rings. The molecule has 0 amide bonds. The molecule has 0 bridgehead atoms. The maximum Gasteiger partial charge on any atom is 0.207 e. The van der Waals surface area contributed by atoms with Crippen molar-refractivity contribution in [2.75, 3.05) is 13.2 Å². The number of hydrogen-bond acceptors (Lipinski definition) is 6. The van der Waals surface area contributed by atoms with Gasteiger partial charge in [-0.2, -0.15) is 0 Å². The Balaban J connectivity index is 1.60. The number of hydrogen-bond donors (Lipinski definition) is 2. The number of carbonyl (C=O) groups is 1. The lowest BCUT2D eigenvalue weighted by molar-refractivity contribution is -0.114. The number of aromatic amines is 1. The van der Waals surface area contributed by atoms with Gasteiger partial charge >= 0.3 is 0 Å². The fourth-order valence-corrected chi connectivity index (χ4v) is 2.82. The molecule has 0 radical (unpaired) electrons. The van der Waals surface area contributed by atoms with Crippen molar-refractivity contribution in [1.29, 1.82) is 0 Å². The summed E-state index contributed by atoms with van der Waals surface area (Å²) in [5.41, 5.74) is 2.12. The van der Waals surface area contributed by atoms with E-state index in [1.807, 2.05) is 24.3 Å². The molecule has 4 rings (SSSR count). The second kappa shape index (κ2) is 7.43. The minimum Gasteiger partial charge on any atom is -0.489 e. The van der Waals surface area contributed by atoms with Crippen LogP contribution < -0.4 is 4.74 Å². The third-order valence-electron chi connectivity index (χ3n) is 4.04. The van der Waals surface area contributed by atoms with Gasteiger partial charge < -0.3 is 19.6 Å². The first-order valence-corrected chi connectivity index (χ1v) is 8.49. The van der Waals surface area contributed by atoms with Gasteiger partial charge in [-0.15, -0.1) is 0 Å². The molecule has 7 nitrogen and oxygen atoms in total. The molecule has 1 fully saturated rings. The number of nitrogens with one attached hydrogen (secondary N) is 1. The van der Waals surface area contributed by atoms with E-state index in [1.54, 1.807) is 30.6 Å². The van der Waals surface area contributed by atoms with Gasteiger partial charge in [0.15, 0.2) is 5.76 Å². The Morgan fingerprint density at radius 3 is 3.07 bits per heavy atom. The van der Waals surface area contributed by atoms with Crippen LogP contribution in [-0.4, -0.2) is 40.0 Å². The van der Waals surface area contributed by atoms with E-state index >= 15 is 0 Å². The van der Waals surface area contributed by atoms with Gasteiger partial charge in [0.2, 0.25) is 11.7 Å². The maximum absolute atomic E-state index is 12.3. The number of carbonyl (C=O) groups excluding carboxylic acids is 1. The molecule has 0 spiro atoms. The lowest BCUT2D eigenvalue weighted by atomic mass is 10.1. The van der Waals surface area contributed by atoms with Crippen LogP contribution in [0.15, 0.2) is 59.5 Å². The van der Waals surface area contributed by atoms with Gasteiger partial charge in [-0.1, -0.05) is 12.1 Å². The van der Waals surface area contributed by atoms with Crippen LogP contribution in [0, 0.1) is 0 Å². The van der Waals surface area contributed by atoms with E-state index < -0.39 is 0 Å². The van der Waals surface area contributed by atoms with Gasteiger partial charge in [0.25, 0.3) is 0 Å². The van der Waals surface area contributed by atoms with Crippen molar-refractivity contribution >= 4 is 34.5 Å². The summed E-state index contributed by atoms with van der Waals surface area (Å²) in [7, 11) is 0. The molecule has 1 aromatic carbocycles. The Labute approximate surface area is 155 Å². The highest BCUT2D eigenvalue weighted by molar-refractivity contribution is 6.15. The van der Waals surface area contributed by atoms with E-state index in [-0.39, 0.29) is 31.2 Å². The molecule has 2 N–H and O–H groups in total. The molecule has 3 heterocycles. The summed E-state index contributed by atoms with van der Waals surface area (Å²) in [5, 5.41) is 9.84. The Bertz CT molecular complexity index is 1050. The van der Waals surface area contributed by atoms with Crippen LogP contribution in [0.5, 0.6) is 5.75 Å². The lowest BCUT2D eigenvalue weighted by Crippen LogP contribution is -2.02. The van der Waals surface area contributed by atoms with Crippen LogP contribution in [0.3, 0.4) is 0 Å². The number of ether oxygens (including phenoxy) is 2.